The van der Waals surface area contributed by atoms with Gasteiger partial charge in [0.25, 0.3) is 0 Å². The number of carbonyl (C=O) groups is 1. The topological polar surface area (TPSA) is 44.8 Å². The van der Waals surface area contributed by atoms with Crippen LogP contribution in [0.5, 0.6) is 0 Å². The second kappa shape index (κ2) is 4.55. The number of ether oxygens (including phenoxy) is 3. The van der Waals surface area contributed by atoms with E-state index in [4.69, 9.17) is 14.2 Å². The highest BCUT2D eigenvalue weighted by Crippen LogP contribution is 2.34. The Labute approximate surface area is 95.6 Å². The average Bonchev–Trinajstić information content (AvgIpc) is 2.66. The number of hydrogen-bond acceptors (Lipinski definition) is 4. The fraction of sp³-hybridized carbons (Fsp3) is 0.750. The molecule has 1 aliphatic carbocycles. The first-order chi connectivity index (χ1) is 7.60. The molecular weight excluding hydrogens is 208 g/mol. The number of hydrogen-bond donors (Lipinski definition) is 0. The molecule has 0 spiro atoms. The lowest BCUT2D eigenvalue weighted by atomic mass is 9.92. The molecule has 2 aliphatic rings. The lowest BCUT2D eigenvalue weighted by Crippen LogP contribution is -2.32. The van der Waals surface area contributed by atoms with Gasteiger partial charge in [-0.15, -0.1) is 0 Å². The first-order valence-electron chi connectivity index (χ1n) is 5.76. The van der Waals surface area contributed by atoms with E-state index in [1.165, 1.54) is 6.92 Å². The Hall–Kier alpha value is -0.870. The van der Waals surface area contributed by atoms with Crippen LogP contribution in [0.1, 0.15) is 33.1 Å². The maximum atomic E-state index is 10.9. The third-order valence-corrected chi connectivity index (χ3v) is 3.06. The van der Waals surface area contributed by atoms with E-state index in [1.54, 1.807) is 0 Å². The zero-order valence-electron chi connectivity index (χ0n) is 9.82. The maximum absolute atomic E-state index is 10.9. The Morgan fingerprint density at radius 2 is 2.19 bits per heavy atom. The van der Waals surface area contributed by atoms with Gasteiger partial charge in [0.1, 0.15) is 6.10 Å². The van der Waals surface area contributed by atoms with Gasteiger partial charge in [0.15, 0.2) is 5.79 Å². The van der Waals surface area contributed by atoms with Crippen LogP contribution in [0.3, 0.4) is 0 Å². The van der Waals surface area contributed by atoms with E-state index in [9.17, 15) is 4.79 Å². The standard InChI is InChI=1S/C12H18O4/c1-9(13)16-11-5-3-4-10(8-11)12(2)14-6-7-15-12/h8,11H,3-7H2,1-2H3/t11-/m1/s1. The summed E-state index contributed by atoms with van der Waals surface area (Å²) in [5, 5.41) is 0. The highest BCUT2D eigenvalue weighted by molar-refractivity contribution is 5.66. The second-order valence-corrected chi connectivity index (χ2v) is 4.37. The third kappa shape index (κ3) is 2.44. The molecule has 0 unspecified atom stereocenters. The van der Waals surface area contributed by atoms with Crippen LogP contribution in [-0.4, -0.2) is 31.1 Å². The molecule has 90 valence electrons. The molecule has 0 saturated carbocycles. The minimum atomic E-state index is -0.598. The summed E-state index contributed by atoms with van der Waals surface area (Å²) in [6, 6.07) is 0. The molecule has 0 aromatic heterocycles. The van der Waals surface area contributed by atoms with Crippen molar-refractivity contribution in [3.8, 4) is 0 Å². The van der Waals surface area contributed by atoms with Crippen LogP contribution < -0.4 is 0 Å². The first-order valence-corrected chi connectivity index (χ1v) is 5.76. The molecule has 1 heterocycles. The minimum absolute atomic E-state index is 0.120. The van der Waals surface area contributed by atoms with Crippen molar-refractivity contribution in [1.82, 2.24) is 0 Å². The Bertz CT molecular complexity index is 302. The predicted octanol–water partition coefficient (Wildman–Crippen LogP) is 1.79. The molecule has 16 heavy (non-hydrogen) atoms. The van der Waals surface area contributed by atoms with Gasteiger partial charge in [-0.1, -0.05) is 0 Å². The molecule has 4 nitrogen and oxygen atoms in total. The lowest BCUT2D eigenvalue weighted by Gasteiger charge is -2.30. The predicted molar refractivity (Wildman–Crippen MR) is 57.8 cm³/mol. The van der Waals surface area contributed by atoms with E-state index in [1.807, 2.05) is 13.0 Å². The van der Waals surface area contributed by atoms with E-state index in [-0.39, 0.29) is 12.1 Å². The summed E-state index contributed by atoms with van der Waals surface area (Å²) < 4.78 is 16.4. The van der Waals surface area contributed by atoms with Gasteiger partial charge in [-0.3, -0.25) is 4.79 Å². The van der Waals surface area contributed by atoms with Crippen LogP contribution >= 0.6 is 0 Å². The zero-order chi connectivity index (χ0) is 11.6. The van der Waals surface area contributed by atoms with Crippen molar-refractivity contribution < 1.29 is 19.0 Å². The normalized spacial score (nSPS) is 28.6. The van der Waals surface area contributed by atoms with Crippen LogP contribution in [0.2, 0.25) is 0 Å². The zero-order valence-corrected chi connectivity index (χ0v) is 9.82. The molecule has 0 aromatic rings. The van der Waals surface area contributed by atoms with Gasteiger partial charge >= 0.3 is 5.97 Å². The number of rotatable bonds is 2. The summed E-state index contributed by atoms with van der Waals surface area (Å²) in [4.78, 5) is 10.9. The molecule has 0 aromatic carbocycles. The Balaban J connectivity index is 2.08. The quantitative estimate of drug-likeness (QED) is 0.532. The van der Waals surface area contributed by atoms with Gasteiger partial charge in [-0.2, -0.15) is 0 Å². The summed E-state index contributed by atoms with van der Waals surface area (Å²) in [5.41, 5.74) is 1.10. The van der Waals surface area contributed by atoms with Crippen LogP contribution in [0.25, 0.3) is 0 Å². The van der Waals surface area contributed by atoms with Crippen molar-refractivity contribution in [3.05, 3.63) is 11.6 Å². The van der Waals surface area contributed by atoms with Gasteiger partial charge in [0, 0.05) is 6.92 Å². The Morgan fingerprint density at radius 1 is 1.50 bits per heavy atom. The molecule has 2 rings (SSSR count). The van der Waals surface area contributed by atoms with Crippen molar-refractivity contribution in [2.24, 2.45) is 0 Å². The van der Waals surface area contributed by atoms with E-state index in [2.05, 4.69) is 0 Å². The van der Waals surface area contributed by atoms with Crippen LogP contribution in [0.4, 0.5) is 0 Å². The second-order valence-electron chi connectivity index (χ2n) is 4.37. The van der Waals surface area contributed by atoms with Crippen molar-refractivity contribution >= 4 is 5.97 Å². The summed E-state index contributed by atoms with van der Waals surface area (Å²) in [6.07, 6.45) is 4.71. The van der Waals surface area contributed by atoms with Crippen LogP contribution in [-0.2, 0) is 19.0 Å². The molecule has 4 heteroatoms. The summed E-state index contributed by atoms with van der Waals surface area (Å²) in [7, 11) is 0. The smallest absolute Gasteiger partial charge is 0.303 e. The Morgan fingerprint density at radius 3 is 2.81 bits per heavy atom. The fourth-order valence-electron chi connectivity index (χ4n) is 2.27. The minimum Gasteiger partial charge on any atom is -0.458 e. The maximum Gasteiger partial charge on any atom is 0.303 e. The molecule has 1 atom stereocenters. The van der Waals surface area contributed by atoms with Gasteiger partial charge in [-0.25, -0.2) is 0 Å². The lowest BCUT2D eigenvalue weighted by molar-refractivity contribution is -0.145. The number of esters is 1. The van der Waals surface area contributed by atoms with Gasteiger partial charge in [-0.05, 0) is 37.8 Å². The van der Waals surface area contributed by atoms with Gasteiger partial charge in [0.05, 0.1) is 13.2 Å². The van der Waals surface area contributed by atoms with Gasteiger partial charge < -0.3 is 14.2 Å². The van der Waals surface area contributed by atoms with Gasteiger partial charge in [0.2, 0.25) is 0 Å². The molecular formula is C12H18O4. The van der Waals surface area contributed by atoms with E-state index >= 15 is 0 Å². The average molecular weight is 226 g/mol. The summed E-state index contributed by atoms with van der Waals surface area (Å²) in [5.74, 6) is -0.834. The molecule has 0 radical (unpaired) electrons. The first kappa shape index (κ1) is 11.6. The van der Waals surface area contributed by atoms with E-state index in [0.717, 1.165) is 24.8 Å². The summed E-state index contributed by atoms with van der Waals surface area (Å²) >= 11 is 0. The van der Waals surface area contributed by atoms with Crippen molar-refractivity contribution in [2.75, 3.05) is 13.2 Å². The largest absolute Gasteiger partial charge is 0.458 e. The highest BCUT2D eigenvalue weighted by Gasteiger charge is 2.36. The number of carbonyl (C=O) groups excluding carboxylic acids is 1. The van der Waals surface area contributed by atoms with Crippen LogP contribution in [0.15, 0.2) is 11.6 Å². The molecule has 1 saturated heterocycles. The third-order valence-electron chi connectivity index (χ3n) is 3.06. The Kier molecular flexibility index (Phi) is 3.30. The molecule has 0 amide bonds. The molecule has 1 fully saturated rings. The van der Waals surface area contributed by atoms with Crippen LogP contribution in [0, 0.1) is 0 Å². The van der Waals surface area contributed by atoms with Crippen molar-refractivity contribution in [3.63, 3.8) is 0 Å². The fourth-order valence-corrected chi connectivity index (χ4v) is 2.27. The van der Waals surface area contributed by atoms with Crippen molar-refractivity contribution in [2.45, 2.75) is 45.0 Å². The summed E-state index contributed by atoms with van der Waals surface area (Å²) in [6.45, 7) is 4.63. The van der Waals surface area contributed by atoms with E-state index in [0.29, 0.717) is 13.2 Å². The van der Waals surface area contributed by atoms with Crippen molar-refractivity contribution in [1.29, 1.82) is 0 Å². The molecule has 1 aliphatic heterocycles. The molecule has 0 bridgehead atoms. The monoisotopic (exact) mass is 226 g/mol. The SMILES string of the molecule is CC(=O)O[C@H]1C=C(C2(C)OCCO2)CCC1. The molecule has 0 N–H and O–H groups in total. The highest BCUT2D eigenvalue weighted by atomic mass is 16.7. The van der Waals surface area contributed by atoms with E-state index < -0.39 is 5.79 Å².